The molecule has 0 amide bonds. The first kappa shape index (κ1) is 16.4. The summed E-state index contributed by atoms with van der Waals surface area (Å²) >= 11 is 6.20. The van der Waals surface area contributed by atoms with Crippen LogP contribution in [-0.2, 0) is 6.54 Å². The third-order valence-electron chi connectivity index (χ3n) is 5.67. The number of fused-ring (bicyclic) bond motifs is 2. The molecule has 0 spiro atoms. The van der Waals surface area contributed by atoms with Gasteiger partial charge >= 0.3 is 0 Å². The number of nitrogens with zero attached hydrogens (tertiary/aromatic N) is 1. The molecule has 2 saturated heterocycles. The lowest BCUT2D eigenvalue weighted by Crippen LogP contribution is -2.45. The summed E-state index contributed by atoms with van der Waals surface area (Å²) in [5.74, 6) is 2.28. The lowest BCUT2D eigenvalue weighted by atomic mass is 9.85. The number of hydrogen-bond acceptors (Lipinski definition) is 5. The summed E-state index contributed by atoms with van der Waals surface area (Å²) in [5, 5.41) is 0.789. The van der Waals surface area contributed by atoms with Gasteiger partial charge in [0.15, 0.2) is 11.5 Å². The molecular formula is C20H22ClN3O2. The van der Waals surface area contributed by atoms with E-state index in [0.29, 0.717) is 18.8 Å². The molecule has 0 radical (unpaired) electrons. The minimum atomic E-state index is 0.280. The molecule has 2 aromatic rings. The van der Waals surface area contributed by atoms with E-state index in [1.165, 1.54) is 11.1 Å². The van der Waals surface area contributed by atoms with Crippen LogP contribution in [-0.4, -0.2) is 30.8 Å². The van der Waals surface area contributed by atoms with Crippen LogP contribution in [0.5, 0.6) is 11.5 Å². The average Bonchev–Trinajstić information content (AvgIpc) is 3.29. The van der Waals surface area contributed by atoms with Gasteiger partial charge in [0, 0.05) is 42.2 Å². The first-order valence-corrected chi connectivity index (χ1v) is 9.52. The second kappa shape index (κ2) is 6.74. The SMILES string of the molecule is Clc1cccc(C2NNC3CCN(Cc4cccc5c4OCO5)CC32)c1. The molecule has 2 aromatic carbocycles. The number of hydrazine groups is 1. The molecule has 3 aliphatic rings. The van der Waals surface area contributed by atoms with Crippen LogP contribution >= 0.6 is 11.6 Å². The summed E-state index contributed by atoms with van der Waals surface area (Å²) in [5.41, 5.74) is 9.43. The van der Waals surface area contributed by atoms with Crippen LogP contribution < -0.4 is 20.3 Å². The van der Waals surface area contributed by atoms with Gasteiger partial charge in [-0.15, -0.1) is 0 Å². The summed E-state index contributed by atoms with van der Waals surface area (Å²) in [4.78, 5) is 2.52. The third-order valence-corrected chi connectivity index (χ3v) is 5.91. The lowest BCUT2D eigenvalue weighted by molar-refractivity contribution is 0.144. The predicted molar refractivity (Wildman–Crippen MR) is 100 cm³/mol. The van der Waals surface area contributed by atoms with E-state index in [2.05, 4.69) is 34.0 Å². The highest BCUT2D eigenvalue weighted by Crippen LogP contribution is 2.38. The molecule has 3 aliphatic heterocycles. The molecule has 0 aromatic heterocycles. The minimum Gasteiger partial charge on any atom is -0.454 e. The van der Waals surface area contributed by atoms with E-state index < -0.39 is 0 Å². The number of piperidine rings is 1. The first-order valence-electron chi connectivity index (χ1n) is 9.14. The van der Waals surface area contributed by atoms with E-state index >= 15 is 0 Å². The van der Waals surface area contributed by atoms with E-state index in [0.717, 1.165) is 42.6 Å². The second-order valence-corrected chi connectivity index (χ2v) is 7.70. The zero-order valence-electron chi connectivity index (χ0n) is 14.5. The van der Waals surface area contributed by atoms with Crippen molar-refractivity contribution in [2.45, 2.75) is 25.0 Å². The van der Waals surface area contributed by atoms with Crippen LogP contribution in [0.2, 0.25) is 5.02 Å². The molecule has 26 heavy (non-hydrogen) atoms. The number of ether oxygens (including phenoxy) is 2. The Hall–Kier alpha value is -1.79. The van der Waals surface area contributed by atoms with Gasteiger partial charge in [0.05, 0.1) is 6.04 Å². The standard InChI is InChI=1S/C20H22ClN3O2/c21-15-5-1-3-13(9-15)19-16-11-24(8-7-17(16)22-23-19)10-14-4-2-6-18-20(14)26-12-25-18/h1-6,9,16-17,19,22-23H,7-8,10-12H2. The Morgan fingerprint density at radius 3 is 2.96 bits per heavy atom. The molecule has 2 N–H and O–H groups in total. The van der Waals surface area contributed by atoms with Crippen molar-refractivity contribution in [2.24, 2.45) is 5.92 Å². The van der Waals surface area contributed by atoms with E-state index in [1.807, 2.05) is 24.3 Å². The van der Waals surface area contributed by atoms with Crippen LogP contribution in [0.1, 0.15) is 23.6 Å². The zero-order valence-corrected chi connectivity index (χ0v) is 15.2. The van der Waals surface area contributed by atoms with Gasteiger partial charge in [-0.2, -0.15) is 0 Å². The second-order valence-electron chi connectivity index (χ2n) is 7.27. The zero-order chi connectivity index (χ0) is 17.5. The highest BCUT2D eigenvalue weighted by atomic mass is 35.5. The number of nitrogens with one attached hydrogen (secondary N) is 2. The molecule has 0 bridgehead atoms. The largest absolute Gasteiger partial charge is 0.454 e. The first-order chi connectivity index (χ1) is 12.8. The number of benzene rings is 2. The third kappa shape index (κ3) is 2.95. The maximum atomic E-state index is 6.20. The van der Waals surface area contributed by atoms with Gasteiger partial charge in [0.25, 0.3) is 0 Å². The van der Waals surface area contributed by atoms with Crippen molar-refractivity contribution < 1.29 is 9.47 Å². The van der Waals surface area contributed by atoms with Gasteiger partial charge in [-0.1, -0.05) is 35.9 Å². The summed E-state index contributed by atoms with van der Waals surface area (Å²) in [6, 6.07) is 15.1. The average molecular weight is 372 g/mol. The summed E-state index contributed by atoms with van der Waals surface area (Å²) in [6.45, 7) is 3.31. The van der Waals surface area contributed by atoms with Gasteiger partial charge < -0.3 is 9.47 Å². The van der Waals surface area contributed by atoms with Crippen molar-refractivity contribution in [3.8, 4) is 11.5 Å². The van der Waals surface area contributed by atoms with Crippen molar-refractivity contribution in [3.63, 3.8) is 0 Å². The molecular weight excluding hydrogens is 350 g/mol. The van der Waals surface area contributed by atoms with Crippen LogP contribution in [0.3, 0.4) is 0 Å². The highest BCUT2D eigenvalue weighted by molar-refractivity contribution is 6.30. The van der Waals surface area contributed by atoms with E-state index in [4.69, 9.17) is 21.1 Å². The molecule has 5 nitrogen and oxygen atoms in total. The molecule has 5 rings (SSSR count). The van der Waals surface area contributed by atoms with E-state index in [9.17, 15) is 0 Å². The van der Waals surface area contributed by atoms with Gasteiger partial charge in [-0.3, -0.25) is 10.3 Å². The number of likely N-dealkylation sites (tertiary alicyclic amines) is 1. The normalized spacial score (nSPS) is 27.5. The van der Waals surface area contributed by atoms with Crippen molar-refractivity contribution in [3.05, 3.63) is 58.6 Å². The topological polar surface area (TPSA) is 45.8 Å². The fourth-order valence-corrected chi connectivity index (χ4v) is 4.60. The fraction of sp³-hybridized carbons (Fsp3) is 0.400. The Morgan fingerprint density at radius 2 is 2.04 bits per heavy atom. The number of para-hydroxylation sites is 1. The summed E-state index contributed by atoms with van der Waals surface area (Å²) in [7, 11) is 0. The molecule has 6 heteroatoms. The number of rotatable bonds is 3. The summed E-state index contributed by atoms with van der Waals surface area (Å²) < 4.78 is 11.2. The van der Waals surface area contributed by atoms with Gasteiger partial charge in [0.1, 0.15) is 0 Å². The van der Waals surface area contributed by atoms with Gasteiger partial charge in [0.2, 0.25) is 6.79 Å². The predicted octanol–water partition coefficient (Wildman–Crippen LogP) is 3.11. The molecule has 3 atom stereocenters. The van der Waals surface area contributed by atoms with Crippen LogP contribution in [0.15, 0.2) is 42.5 Å². The summed E-state index contributed by atoms with van der Waals surface area (Å²) in [6.07, 6.45) is 1.13. The Balaban J connectivity index is 1.34. The Labute approximate surface area is 158 Å². The lowest BCUT2D eigenvalue weighted by Gasteiger charge is -2.36. The maximum absolute atomic E-state index is 6.20. The number of hydrogen-bond donors (Lipinski definition) is 2. The molecule has 3 unspecified atom stereocenters. The van der Waals surface area contributed by atoms with Gasteiger partial charge in [-0.25, -0.2) is 5.43 Å². The highest BCUT2D eigenvalue weighted by Gasteiger charge is 2.40. The number of halogens is 1. The Kier molecular flexibility index (Phi) is 4.25. The van der Waals surface area contributed by atoms with E-state index in [-0.39, 0.29) is 6.04 Å². The molecule has 0 saturated carbocycles. The Bertz CT molecular complexity index is 815. The van der Waals surface area contributed by atoms with Crippen LogP contribution in [0, 0.1) is 5.92 Å². The monoisotopic (exact) mass is 371 g/mol. The van der Waals surface area contributed by atoms with Crippen molar-refractivity contribution in [1.82, 2.24) is 15.8 Å². The molecule has 0 aliphatic carbocycles. The van der Waals surface area contributed by atoms with Crippen molar-refractivity contribution in [1.29, 1.82) is 0 Å². The minimum absolute atomic E-state index is 0.280. The van der Waals surface area contributed by atoms with Crippen LogP contribution in [0.4, 0.5) is 0 Å². The van der Waals surface area contributed by atoms with Crippen molar-refractivity contribution >= 4 is 11.6 Å². The van der Waals surface area contributed by atoms with Crippen LogP contribution in [0.25, 0.3) is 0 Å². The Morgan fingerprint density at radius 1 is 1.12 bits per heavy atom. The van der Waals surface area contributed by atoms with Crippen molar-refractivity contribution in [2.75, 3.05) is 19.9 Å². The van der Waals surface area contributed by atoms with E-state index in [1.54, 1.807) is 0 Å². The fourth-order valence-electron chi connectivity index (χ4n) is 4.40. The molecule has 136 valence electrons. The maximum Gasteiger partial charge on any atom is 0.231 e. The van der Waals surface area contributed by atoms with Gasteiger partial charge in [-0.05, 0) is 30.2 Å². The molecule has 3 heterocycles. The smallest absolute Gasteiger partial charge is 0.231 e. The molecule has 2 fully saturated rings. The quantitative estimate of drug-likeness (QED) is 0.868.